The van der Waals surface area contributed by atoms with Crippen LogP contribution in [0.15, 0.2) is 174 Å². The normalized spacial score (nSPS) is 11.5. The minimum atomic E-state index is 0.588. The zero-order valence-electron chi connectivity index (χ0n) is 27.8. The lowest BCUT2D eigenvalue weighted by atomic mass is 9.99. The van der Waals surface area contributed by atoms with E-state index in [2.05, 4.69) is 115 Å². The Labute approximate surface area is 303 Å². The van der Waals surface area contributed by atoms with Crippen molar-refractivity contribution in [2.24, 2.45) is 0 Å². The third kappa shape index (κ3) is 5.43. The fourth-order valence-electron chi connectivity index (χ4n) is 6.83. The van der Waals surface area contributed by atoms with Crippen molar-refractivity contribution >= 4 is 43.5 Å². The molecule has 0 aliphatic heterocycles. The molecule has 0 spiro atoms. The van der Waals surface area contributed by atoms with Crippen LogP contribution in [-0.4, -0.2) is 19.9 Å². The molecule has 3 heterocycles. The molecule has 0 saturated heterocycles. The Bertz CT molecular complexity index is 2880. The van der Waals surface area contributed by atoms with Crippen LogP contribution in [0.5, 0.6) is 0 Å². The van der Waals surface area contributed by atoms with Crippen LogP contribution in [0.2, 0.25) is 0 Å². The molecule has 10 aromatic rings. The second-order valence-electron chi connectivity index (χ2n) is 12.7. The Kier molecular flexibility index (Phi) is 7.25. The summed E-state index contributed by atoms with van der Waals surface area (Å²) in [4.78, 5) is 20.2. The minimum Gasteiger partial charge on any atom is -0.456 e. The van der Waals surface area contributed by atoms with E-state index in [1.165, 1.54) is 4.70 Å². The predicted octanol–water partition coefficient (Wildman–Crippen LogP) is 12.4. The van der Waals surface area contributed by atoms with E-state index in [9.17, 15) is 0 Å². The summed E-state index contributed by atoms with van der Waals surface area (Å²) in [5, 5.41) is 2.98. The SMILES string of the molecule is c1ccc(-c2cccc(-c3nc(-c4ccccc4)nc(-c4cccc5oc6ccc(-c7cccc(-c8nc9ccccc9s8)c7)cc6c45)n3)c2)cc1. The topological polar surface area (TPSA) is 64.7 Å². The lowest BCUT2D eigenvalue weighted by Crippen LogP contribution is -2.00. The molecule has 10 rings (SSSR count). The maximum Gasteiger partial charge on any atom is 0.164 e. The van der Waals surface area contributed by atoms with Gasteiger partial charge >= 0.3 is 0 Å². The molecule has 0 aliphatic carbocycles. The van der Waals surface area contributed by atoms with Crippen molar-refractivity contribution < 1.29 is 4.42 Å². The van der Waals surface area contributed by atoms with Crippen molar-refractivity contribution in [1.29, 1.82) is 0 Å². The van der Waals surface area contributed by atoms with Crippen molar-refractivity contribution in [2.75, 3.05) is 0 Å². The van der Waals surface area contributed by atoms with Crippen LogP contribution >= 0.6 is 11.3 Å². The summed E-state index contributed by atoms with van der Waals surface area (Å²) >= 11 is 1.71. The average Bonchev–Trinajstić information content (AvgIpc) is 3.83. The molecule has 0 bridgehead atoms. The summed E-state index contributed by atoms with van der Waals surface area (Å²) in [7, 11) is 0. The summed E-state index contributed by atoms with van der Waals surface area (Å²) in [5.41, 5.74) is 10.9. The van der Waals surface area contributed by atoms with Gasteiger partial charge in [-0.1, -0.05) is 127 Å². The molecule has 6 heteroatoms. The summed E-state index contributed by atoms with van der Waals surface area (Å²) in [5.74, 6) is 1.81. The number of thiazole rings is 1. The van der Waals surface area contributed by atoms with Crippen LogP contribution in [0, 0.1) is 0 Å². The molecule has 0 radical (unpaired) electrons. The van der Waals surface area contributed by atoms with Gasteiger partial charge in [-0.2, -0.15) is 0 Å². The van der Waals surface area contributed by atoms with Crippen LogP contribution in [0.3, 0.4) is 0 Å². The molecule has 0 saturated carbocycles. The smallest absolute Gasteiger partial charge is 0.164 e. The van der Waals surface area contributed by atoms with Gasteiger partial charge in [0.1, 0.15) is 16.2 Å². The third-order valence-corrected chi connectivity index (χ3v) is 10.5. The second-order valence-corrected chi connectivity index (χ2v) is 13.7. The number of para-hydroxylation sites is 1. The van der Waals surface area contributed by atoms with Gasteiger partial charge in [-0.05, 0) is 64.7 Å². The van der Waals surface area contributed by atoms with Crippen molar-refractivity contribution in [2.45, 2.75) is 0 Å². The van der Waals surface area contributed by atoms with Gasteiger partial charge in [0.05, 0.1) is 10.2 Å². The van der Waals surface area contributed by atoms with Gasteiger partial charge in [-0.25, -0.2) is 19.9 Å². The van der Waals surface area contributed by atoms with Crippen LogP contribution in [0.4, 0.5) is 0 Å². The molecule has 244 valence electrons. The van der Waals surface area contributed by atoms with Crippen LogP contribution in [0.25, 0.3) is 99.1 Å². The van der Waals surface area contributed by atoms with E-state index in [1.807, 2.05) is 54.6 Å². The number of rotatable bonds is 6. The lowest BCUT2D eigenvalue weighted by Gasteiger charge is -2.10. The van der Waals surface area contributed by atoms with Crippen LogP contribution < -0.4 is 0 Å². The first-order chi connectivity index (χ1) is 25.7. The Hall–Kier alpha value is -6.76. The first kappa shape index (κ1) is 30.1. The van der Waals surface area contributed by atoms with Gasteiger partial charge in [0.25, 0.3) is 0 Å². The highest BCUT2D eigenvalue weighted by Gasteiger charge is 2.19. The first-order valence-electron chi connectivity index (χ1n) is 17.1. The number of fused-ring (bicyclic) bond motifs is 4. The molecular formula is C46H28N4OS. The molecular weight excluding hydrogens is 657 g/mol. The van der Waals surface area contributed by atoms with E-state index in [0.717, 1.165) is 77.0 Å². The molecule has 3 aromatic heterocycles. The number of furan rings is 1. The van der Waals surface area contributed by atoms with Gasteiger partial charge < -0.3 is 4.42 Å². The molecule has 52 heavy (non-hydrogen) atoms. The molecule has 0 atom stereocenters. The van der Waals surface area contributed by atoms with Crippen molar-refractivity contribution in [1.82, 2.24) is 19.9 Å². The molecule has 0 unspecified atom stereocenters. The quantitative estimate of drug-likeness (QED) is 0.174. The summed E-state index contributed by atoms with van der Waals surface area (Å²) in [6, 6.07) is 58.2. The Morgan fingerprint density at radius 2 is 0.981 bits per heavy atom. The molecule has 7 aromatic carbocycles. The zero-order chi connectivity index (χ0) is 34.4. The third-order valence-electron chi connectivity index (χ3n) is 9.37. The van der Waals surface area contributed by atoms with Crippen LogP contribution in [-0.2, 0) is 0 Å². The Morgan fingerprint density at radius 1 is 0.385 bits per heavy atom. The van der Waals surface area contributed by atoms with Gasteiger partial charge in [0, 0.05) is 33.0 Å². The van der Waals surface area contributed by atoms with E-state index in [4.69, 9.17) is 24.4 Å². The number of hydrogen-bond donors (Lipinski definition) is 0. The summed E-state index contributed by atoms with van der Waals surface area (Å²) in [6.07, 6.45) is 0. The van der Waals surface area contributed by atoms with Crippen molar-refractivity contribution in [3.63, 3.8) is 0 Å². The number of benzene rings is 7. The molecule has 0 aliphatic rings. The van der Waals surface area contributed by atoms with E-state index >= 15 is 0 Å². The monoisotopic (exact) mass is 684 g/mol. The van der Waals surface area contributed by atoms with Gasteiger partial charge in [-0.3, -0.25) is 0 Å². The highest BCUT2D eigenvalue weighted by Crippen LogP contribution is 2.39. The molecule has 0 amide bonds. The van der Waals surface area contributed by atoms with Gasteiger partial charge in [-0.15, -0.1) is 11.3 Å². The molecule has 0 N–H and O–H groups in total. The Morgan fingerprint density at radius 3 is 1.79 bits per heavy atom. The van der Waals surface area contributed by atoms with Crippen molar-refractivity contribution in [3.8, 4) is 67.0 Å². The zero-order valence-corrected chi connectivity index (χ0v) is 28.6. The van der Waals surface area contributed by atoms with E-state index in [1.54, 1.807) is 11.3 Å². The maximum absolute atomic E-state index is 6.45. The van der Waals surface area contributed by atoms with Gasteiger partial charge in [0.2, 0.25) is 0 Å². The number of nitrogens with zero attached hydrogens (tertiary/aromatic N) is 4. The Balaban J connectivity index is 1.12. The number of hydrogen-bond acceptors (Lipinski definition) is 6. The predicted molar refractivity (Wildman–Crippen MR) is 213 cm³/mol. The van der Waals surface area contributed by atoms with Crippen molar-refractivity contribution in [3.05, 3.63) is 170 Å². The van der Waals surface area contributed by atoms with E-state index in [-0.39, 0.29) is 0 Å². The number of aromatic nitrogens is 4. The fraction of sp³-hybridized carbons (Fsp3) is 0. The van der Waals surface area contributed by atoms with E-state index < -0.39 is 0 Å². The summed E-state index contributed by atoms with van der Waals surface area (Å²) < 4.78 is 7.63. The standard InChI is InChI=1S/C46H28N4OS/c1-3-12-29(13-4-1)31-16-9-18-34(26-31)44-48-43(30-14-5-2-6-15-30)49-45(50-44)36-20-11-22-40-42(36)37-28-33(24-25-39(37)51-40)32-17-10-19-35(27-32)46-47-38-21-7-8-23-41(38)52-46/h1-28H. The van der Waals surface area contributed by atoms with Gasteiger partial charge in [0.15, 0.2) is 17.5 Å². The van der Waals surface area contributed by atoms with Crippen LogP contribution in [0.1, 0.15) is 0 Å². The molecule has 5 nitrogen and oxygen atoms in total. The summed E-state index contributed by atoms with van der Waals surface area (Å²) in [6.45, 7) is 0. The lowest BCUT2D eigenvalue weighted by molar-refractivity contribution is 0.669. The van der Waals surface area contributed by atoms with E-state index in [0.29, 0.717) is 17.5 Å². The molecule has 0 fully saturated rings. The minimum absolute atomic E-state index is 0.588. The average molecular weight is 685 g/mol. The largest absolute Gasteiger partial charge is 0.456 e. The fourth-order valence-corrected chi connectivity index (χ4v) is 7.79. The highest BCUT2D eigenvalue weighted by atomic mass is 32.1. The highest BCUT2D eigenvalue weighted by molar-refractivity contribution is 7.21. The maximum atomic E-state index is 6.45. The first-order valence-corrected chi connectivity index (χ1v) is 17.9. The second kappa shape index (κ2) is 12.5.